The fraction of sp³-hybridized carbons (Fsp3) is 0.143. The van der Waals surface area contributed by atoms with E-state index < -0.39 is 11.9 Å². The minimum absolute atomic E-state index is 0.0230. The molecule has 2 heterocycles. The molecule has 0 fully saturated rings. The van der Waals surface area contributed by atoms with E-state index in [2.05, 4.69) is 6.07 Å². The molecule has 0 bridgehead atoms. The lowest BCUT2D eigenvalue weighted by molar-refractivity contribution is 0.0702. The van der Waals surface area contributed by atoms with E-state index in [1.807, 2.05) is 63.2 Å². The number of halogens is 2. The Balaban J connectivity index is 1.24. The molecule has 1 aliphatic rings. The Labute approximate surface area is 264 Å². The molecule has 9 heteroatoms. The summed E-state index contributed by atoms with van der Waals surface area (Å²) in [5, 5.41) is 11.9. The molecular formula is C35H26Cl2N2O5. The summed E-state index contributed by atoms with van der Waals surface area (Å²) in [7, 11) is 0. The molecule has 0 saturated heterocycles. The van der Waals surface area contributed by atoms with Crippen molar-refractivity contribution in [3.8, 4) is 23.3 Å². The number of nitriles is 1. The van der Waals surface area contributed by atoms with E-state index in [1.165, 1.54) is 0 Å². The van der Waals surface area contributed by atoms with Crippen LogP contribution in [0.5, 0.6) is 17.2 Å². The minimum atomic E-state index is -0.625. The Kier molecular flexibility index (Phi) is 7.73. The molecule has 1 unspecified atom stereocenters. The molecule has 0 spiro atoms. The third kappa shape index (κ3) is 5.46. The number of benzene rings is 4. The molecule has 5 aromatic rings. The molecule has 0 saturated carbocycles. The number of fused-ring (bicyclic) bond motifs is 2. The van der Waals surface area contributed by atoms with Gasteiger partial charge in [-0.15, -0.1) is 0 Å². The van der Waals surface area contributed by atoms with Crippen molar-refractivity contribution in [2.24, 2.45) is 5.73 Å². The van der Waals surface area contributed by atoms with E-state index >= 15 is 0 Å². The van der Waals surface area contributed by atoms with Gasteiger partial charge in [0.15, 0.2) is 0 Å². The first kappa shape index (κ1) is 29.2. The molecule has 44 heavy (non-hydrogen) atoms. The van der Waals surface area contributed by atoms with Crippen molar-refractivity contribution in [1.82, 2.24) is 0 Å². The number of furan rings is 1. The van der Waals surface area contributed by atoms with Gasteiger partial charge in [-0.25, -0.2) is 4.79 Å². The molecule has 6 rings (SSSR count). The molecule has 1 atom stereocenters. The van der Waals surface area contributed by atoms with E-state index in [9.17, 15) is 10.1 Å². The zero-order chi connectivity index (χ0) is 31.1. The predicted molar refractivity (Wildman–Crippen MR) is 168 cm³/mol. The van der Waals surface area contributed by atoms with E-state index in [4.69, 9.17) is 47.6 Å². The van der Waals surface area contributed by atoms with Gasteiger partial charge in [0.05, 0.1) is 5.92 Å². The van der Waals surface area contributed by atoms with Crippen molar-refractivity contribution in [3.05, 3.63) is 133 Å². The van der Waals surface area contributed by atoms with Crippen molar-refractivity contribution in [3.63, 3.8) is 0 Å². The summed E-state index contributed by atoms with van der Waals surface area (Å²) in [4.78, 5) is 13.2. The van der Waals surface area contributed by atoms with Gasteiger partial charge < -0.3 is 24.4 Å². The molecule has 4 aromatic carbocycles. The number of allylic oxidation sites excluding steroid dienone is 1. The number of nitrogens with two attached hydrogens (primary N) is 1. The van der Waals surface area contributed by atoms with Crippen LogP contribution >= 0.6 is 23.2 Å². The largest absolute Gasteiger partial charge is 0.489 e. The molecule has 1 aromatic heterocycles. The number of esters is 1. The summed E-state index contributed by atoms with van der Waals surface area (Å²) in [5.41, 5.74) is 12.2. The van der Waals surface area contributed by atoms with Crippen molar-refractivity contribution < 1.29 is 23.4 Å². The lowest BCUT2D eigenvalue weighted by atomic mass is 9.83. The second-order valence-corrected chi connectivity index (χ2v) is 11.5. The van der Waals surface area contributed by atoms with Crippen LogP contribution in [-0.2, 0) is 6.61 Å². The lowest BCUT2D eigenvalue weighted by Gasteiger charge is -2.26. The second kappa shape index (κ2) is 11.6. The first-order valence-electron chi connectivity index (χ1n) is 13.7. The van der Waals surface area contributed by atoms with Gasteiger partial charge in [0.25, 0.3) is 0 Å². The quantitative estimate of drug-likeness (QED) is 0.149. The second-order valence-electron chi connectivity index (χ2n) is 10.6. The van der Waals surface area contributed by atoms with Gasteiger partial charge in [-0.2, -0.15) is 5.26 Å². The number of ether oxygens (including phenoxy) is 3. The lowest BCUT2D eigenvalue weighted by Crippen LogP contribution is -2.21. The zero-order valence-electron chi connectivity index (χ0n) is 24.0. The van der Waals surface area contributed by atoms with Crippen molar-refractivity contribution in [2.45, 2.75) is 33.3 Å². The van der Waals surface area contributed by atoms with Crippen molar-refractivity contribution in [1.29, 1.82) is 5.26 Å². The van der Waals surface area contributed by atoms with Crippen LogP contribution in [0.1, 0.15) is 49.9 Å². The maximum Gasteiger partial charge on any atom is 0.379 e. The Hall–Kier alpha value is -4.90. The summed E-state index contributed by atoms with van der Waals surface area (Å²) in [5.74, 6) is 0.232. The summed E-state index contributed by atoms with van der Waals surface area (Å²) in [6.45, 7) is 6.06. The van der Waals surface area contributed by atoms with Crippen LogP contribution in [0.25, 0.3) is 11.0 Å². The fourth-order valence-corrected chi connectivity index (χ4v) is 6.00. The van der Waals surface area contributed by atoms with Crippen LogP contribution in [0.15, 0.2) is 88.7 Å². The highest BCUT2D eigenvalue weighted by Gasteiger charge is 2.31. The monoisotopic (exact) mass is 624 g/mol. The molecule has 0 radical (unpaired) electrons. The van der Waals surface area contributed by atoms with Crippen molar-refractivity contribution in [2.75, 3.05) is 0 Å². The summed E-state index contributed by atoms with van der Waals surface area (Å²) >= 11 is 12.2. The molecule has 2 N–H and O–H groups in total. The van der Waals surface area contributed by atoms with Crippen LogP contribution in [0.2, 0.25) is 10.0 Å². The van der Waals surface area contributed by atoms with Gasteiger partial charge in [-0.1, -0.05) is 53.5 Å². The Morgan fingerprint density at radius 3 is 2.45 bits per heavy atom. The van der Waals surface area contributed by atoms with E-state index in [0.717, 1.165) is 27.6 Å². The van der Waals surface area contributed by atoms with Gasteiger partial charge in [-0.3, -0.25) is 0 Å². The van der Waals surface area contributed by atoms with Gasteiger partial charge in [0.1, 0.15) is 41.1 Å². The summed E-state index contributed by atoms with van der Waals surface area (Å²) < 4.78 is 23.3. The minimum Gasteiger partial charge on any atom is -0.489 e. The van der Waals surface area contributed by atoms with Crippen molar-refractivity contribution >= 4 is 40.1 Å². The zero-order valence-corrected chi connectivity index (χ0v) is 25.5. The smallest absolute Gasteiger partial charge is 0.379 e. The maximum absolute atomic E-state index is 13.2. The number of rotatable bonds is 6. The highest BCUT2D eigenvalue weighted by atomic mass is 35.5. The fourth-order valence-electron chi connectivity index (χ4n) is 5.54. The maximum atomic E-state index is 13.2. The van der Waals surface area contributed by atoms with Crippen LogP contribution in [-0.4, -0.2) is 5.97 Å². The summed E-state index contributed by atoms with van der Waals surface area (Å²) in [6.07, 6.45) is 0. The molecule has 0 aliphatic carbocycles. The highest BCUT2D eigenvalue weighted by Crippen LogP contribution is 2.44. The average molecular weight is 626 g/mol. The van der Waals surface area contributed by atoms with Crippen LogP contribution < -0.4 is 19.9 Å². The Morgan fingerprint density at radius 1 is 0.977 bits per heavy atom. The molecular weight excluding hydrogens is 599 g/mol. The molecule has 0 amide bonds. The number of hydrogen-bond acceptors (Lipinski definition) is 7. The van der Waals surface area contributed by atoms with E-state index in [-0.39, 0.29) is 29.6 Å². The molecule has 7 nitrogen and oxygen atoms in total. The first-order chi connectivity index (χ1) is 21.1. The Bertz CT molecular complexity index is 2020. The normalized spacial score (nSPS) is 14.1. The van der Waals surface area contributed by atoms with Gasteiger partial charge in [0.2, 0.25) is 11.6 Å². The summed E-state index contributed by atoms with van der Waals surface area (Å²) in [6, 6.07) is 23.7. The Morgan fingerprint density at radius 2 is 1.73 bits per heavy atom. The third-order valence-corrected chi connectivity index (χ3v) is 8.17. The molecule has 220 valence electrons. The highest BCUT2D eigenvalue weighted by molar-refractivity contribution is 6.35. The van der Waals surface area contributed by atoms with Crippen LogP contribution in [0.3, 0.4) is 0 Å². The number of nitrogens with zero attached hydrogens (tertiary/aromatic N) is 1. The number of carbonyl (C=O) groups is 1. The van der Waals surface area contributed by atoms with Gasteiger partial charge in [0, 0.05) is 38.2 Å². The van der Waals surface area contributed by atoms with E-state index in [0.29, 0.717) is 38.3 Å². The van der Waals surface area contributed by atoms with Crippen LogP contribution in [0, 0.1) is 32.1 Å². The third-order valence-electron chi connectivity index (χ3n) is 7.58. The topological polar surface area (TPSA) is 108 Å². The van der Waals surface area contributed by atoms with E-state index in [1.54, 1.807) is 30.3 Å². The first-order valence-corrected chi connectivity index (χ1v) is 14.5. The predicted octanol–water partition coefficient (Wildman–Crippen LogP) is 8.68. The van der Waals surface area contributed by atoms with Gasteiger partial charge in [-0.05, 0) is 73.9 Å². The number of hydrogen-bond donors (Lipinski definition) is 1. The SMILES string of the molecule is Cc1cc(C)c2c(C)c(C(=O)Oc3ccc4c(c3)OC(N)=C(C#N)C4c3ccc(OCc4ccc(Cl)cc4Cl)cc3)oc2c1. The van der Waals surface area contributed by atoms with Gasteiger partial charge >= 0.3 is 5.97 Å². The number of aryl methyl sites for hydroxylation is 3. The molecule has 1 aliphatic heterocycles. The van der Waals surface area contributed by atoms with Crippen LogP contribution in [0.4, 0.5) is 0 Å². The average Bonchev–Trinajstić information content (AvgIpc) is 3.32. The standard InChI is InChI=1S/C35H26Cl2N2O5/c1-18-12-19(2)31-20(3)33(43-30(31)13-18)35(40)42-25-10-11-26-29(15-25)44-34(39)27(16-38)32(26)21-5-8-24(9-6-21)41-17-22-4-7-23(36)14-28(22)37/h4-15,32H,17,39H2,1-3H3. The number of carbonyl (C=O) groups excluding carboxylic acids is 1.